The highest BCUT2D eigenvalue weighted by molar-refractivity contribution is 4.79. The highest BCUT2D eigenvalue weighted by Gasteiger charge is 2.23. The Balaban J connectivity index is 3.77. The topological polar surface area (TPSA) is 30.5 Å². The molecule has 0 bridgehead atoms. The van der Waals surface area contributed by atoms with Crippen molar-refractivity contribution >= 4 is 0 Å². The summed E-state index contributed by atoms with van der Waals surface area (Å²) in [6.45, 7) is 18.0. The summed E-state index contributed by atoms with van der Waals surface area (Å²) in [5, 5.41) is 3.46. The smallest absolute Gasteiger partial charge is 0.0707 e. The van der Waals surface area contributed by atoms with Crippen molar-refractivity contribution in [2.75, 3.05) is 26.4 Å². The Bertz CT molecular complexity index is 191. The van der Waals surface area contributed by atoms with Crippen LogP contribution in [-0.4, -0.2) is 38.0 Å². The Morgan fingerprint density at radius 2 is 1.59 bits per heavy atom. The first-order valence-electron chi connectivity index (χ1n) is 6.62. The lowest BCUT2D eigenvalue weighted by molar-refractivity contribution is -0.0410. The first-order chi connectivity index (χ1) is 7.67. The monoisotopic (exact) mass is 245 g/mol. The molecule has 0 aliphatic rings. The van der Waals surface area contributed by atoms with Crippen LogP contribution in [0.3, 0.4) is 0 Å². The molecule has 17 heavy (non-hydrogen) atoms. The van der Waals surface area contributed by atoms with E-state index in [1.165, 1.54) is 0 Å². The average molecular weight is 245 g/mol. The van der Waals surface area contributed by atoms with Crippen molar-refractivity contribution in [1.29, 1.82) is 0 Å². The number of hydrogen-bond acceptors (Lipinski definition) is 3. The van der Waals surface area contributed by atoms with E-state index in [2.05, 4.69) is 53.8 Å². The van der Waals surface area contributed by atoms with Crippen molar-refractivity contribution in [2.24, 2.45) is 5.41 Å². The summed E-state index contributed by atoms with van der Waals surface area (Å²) in [6, 6.07) is 0.391. The predicted molar refractivity (Wildman–Crippen MR) is 73.4 cm³/mol. The van der Waals surface area contributed by atoms with Gasteiger partial charge in [-0.25, -0.2) is 0 Å². The molecule has 0 aliphatic carbocycles. The van der Waals surface area contributed by atoms with Gasteiger partial charge in [0.05, 0.1) is 25.4 Å². The fraction of sp³-hybridized carbons (Fsp3) is 1.00. The molecule has 0 aromatic heterocycles. The van der Waals surface area contributed by atoms with Gasteiger partial charge in [0.2, 0.25) is 0 Å². The summed E-state index contributed by atoms with van der Waals surface area (Å²) in [5.74, 6) is 0. The fourth-order valence-corrected chi connectivity index (χ4v) is 1.47. The van der Waals surface area contributed by atoms with Gasteiger partial charge in [-0.1, -0.05) is 27.7 Å². The van der Waals surface area contributed by atoms with Crippen molar-refractivity contribution in [3.05, 3.63) is 0 Å². The lowest BCUT2D eigenvalue weighted by atomic mass is 9.87. The van der Waals surface area contributed by atoms with Crippen molar-refractivity contribution in [1.82, 2.24) is 5.32 Å². The maximum absolute atomic E-state index is 5.68. The molecule has 0 aliphatic heterocycles. The molecule has 0 saturated heterocycles. The second kappa shape index (κ2) is 7.34. The van der Waals surface area contributed by atoms with Gasteiger partial charge < -0.3 is 14.8 Å². The minimum absolute atomic E-state index is 0.0749. The molecule has 0 radical (unpaired) electrons. The van der Waals surface area contributed by atoms with Crippen LogP contribution in [-0.2, 0) is 9.47 Å². The average Bonchev–Trinajstić information content (AvgIpc) is 2.12. The highest BCUT2D eigenvalue weighted by atomic mass is 16.5. The largest absolute Gasteiger partial charge is 0.377 e. The first-order valence-corrected chi connectivity index (χ1v) is 6.62. The van der Waals surface area contributed by atoms with Gasteiger partial charge in [0.15, 0.2) is 0 Å². The molecule has 0 amide bonds. The second-order valence-corrected chi connectivity index (χ2v) is 6.51. The minimum atomic E-state index is -0.0749. The van der Waals surface area contributed by atoms with Crippen LogP contribution in [0.25, 0.3) is 0 Å². The third-order valence-corrected chi connectivity index (χ3v) is 2.54. The first kappa shape index (κ1) is 16.9. The van der Waals surface area contributed by atoms with E-state index >= 15 is 0 Å². The summed E-state index contributed by atoms with van der Waals surface area (Å²) in [5.41, 5.74) is 0.148. The van der Waals surface area contributed by atoms with E-state index in [1.807, 2.05) is 0 Å². The van der Waals surface area contributed by atoms with Gasteiger partial charge in [0, 0.05) is 6.04 Å². The molecular formula is C14H31NO2. The van der Waals surface area contributed by atoms with E-state index in [4.69, 9.17) is 9.47 Å². The number of rotatable bonds is 7. The molecule has 1 N–H and O–H groups in total. The molecule has 3 nitrogen and oxygen atoms in total. The molecule has 104 valence electrons. The van der Waals surface area contributed by atoms with E-state index in [1.54, 1.807) is 0 Å². The number of hydrogen-bond donors (Lipinski definition) is 1. The van der Waals surface area contributed by atoms with Crippen molar-refractivity contribution < 1.29 is 9.47 Å². The molecular weight excluding hydrogens is 214 g/mol. The summed E-state index contributed by atoms with van der Waals surface area (Å²) in [7, 11) is 0. The Morgan fingerprint density at radius 1 is 1.00 bits per heavy atom. The van der Waals surface area contributed by atoms with Gasteiger partial charge in [-0.05, 0) is 32.7 Å². The Labute approximate surface area is 107 Å². The summed E-state index contributed by atoms with van der Waals surface area (Å²) >= 11 is 0. The van der Waals surface area contributed by atoms with Crippen molar-refractivity contribution in [2.45, 2.75) is 60.1 Å². The third-order valence-electron chi connectivity index (χ3n) is 2.54. The lowest BCUT2D eigenvalue weighted by Gasteiger charge is -2.31. The van der Waals surface area contributed by atoms with Crippen LogP contribution in [0, 0.1) is 5.41 Å². The normalized spacial score (nSPS) is 15.0. The lowest BCUT2D eigenvalue weighted by Crippen LogP contribution is -2.44. The summed E-state index contributed by atoms with van der Waals surface area (Å²) in [6.07, 6.45) is 0. The summed E-state index contributed by atoms with van der Waals surface area (Å²) in [4.78, 5) is 0. The Morgan fingerprint density at radius 3 is 2.00 bits per heavy atom. The van der Waals surface area contributed by atoms with E-state index < -0.39 is 0 Å². The fourth-order valence-electron chi connectivity index (χ4n) is 1.47. The molecule has 0 spiro atoms. The minimum Gasteiger partial charge on any atom is -0.377 e. The summed E-state index contributed by atoms with van der Waals surface area (Å²) < 4.78 is 11.3. The van der Waals surface area contributed by atoms with Crippen LogP contribution in [0.15, 0.2) is 0 Å². The van der Waals surface area contributed by atoms with Gasteiger partial charge in [-0.2, -0.15) is 0 Å². The van der Waals surface area contributed by atoms with Crippen LogP contribution in [0.4, 0.5) is 0 Å². The molecule has 1 unspecified atom stereocenters. The zero-order valence-corrected chi connectivity index (χ0v) is 12.7. The molecule has 0 heterocycles. The maximum atomic E-state index is 5.68. The van der Waals surface area contributed by atoms with Crippen LogP contribution >= 0.6 is 0 Å². The molecule has 0 aromatic carbocycles. The molecule has 0 rings (SSSR count). The van der Waals surface area contributed by atoms with Gasteiger partial charge >= 0.3 is 0 Å². The van der Waals surface area contributed by atoms with E-state index in [0.29, 0.717) is 19.3 Å². The van der Waals surface area contributed by atoms with Crippen LogP contribution in [0.5, 0.6) is 0 Å². The zero-order chi connectivity index (χ0) is 13.5. The van der Waals surface area contributed by atoms with E-state index in [9.17, 15) is 0 Å². The molecule has 0 fully saturated rings. The van der Waals surface area contributed by atoms with Crippen LogP contribution < -0.4 is 5.32 Å². The third kappa shape index (κ3) is 9.57. The molecule has 3 heteroatoms. The van der Waals surface area contributed by atoms with E-state index in [0.717, 1.165) is 13.2 Å². The van der Waals surface area contributed by atoms with Crippen LogP contribution in [0.2, 0.25) is 0 Å². The second-order valence-electron chi connectivity index (χ2n) is 6.51. The zero-order valence-electron chi connectivity index (χ0n) is 12.7. The van der Waals surface area contributed by atoms with Gasteiger partial charge in [-0.15, -0.1) is 0 Å². The Hall–Kier alpha value is -0.120. The Kier molecular flexibility index (Phi) is 7.29. The molecule has 0 saturated carbocycles. The predicted octanol–water partition coefficient (Wildman–Crippen LogP) is 2.84. The number of likely N-dealkylation sites (N-methyl/N-ethyl adjacent to an activating group) is 1. The maximum Gasteiger partial charge on any atom is 0.0707 e. The standard InChI is InChI=1S/C14H31NO2/c1-8-15-12(13(2,3)4)11-16-9-10-17-14(5,6)7/h12,15H,8-11H2,1-7H3. The molecule has 0 aromatic rings. The molecule has 1 atom stereocenters. The quantitative estimate of drug-likeness (QED) is 0.700. The highest BCUT2D eigenvalue weighted by Crippen LogP contribution is 2.19. The van der Waals surface area contributed by atoms with Crippen molar-refractivity contribution in [3.8, 4) is 0 Å². The SMILES string of the molecule is CCNC(COCCOC(C)(C)C)C(C)(C)C. The van der Waals surface area contributed by atoms with Crippen LogP contribution in [0.1, 0.15) is 48.5 Å². The number of ether oxygens (including phenoxy) is 2. The van der Waals surface area contributed by atoms with Gasteiger partial charge in [0.1, 0.15) is 0 Å². The van der Waals surface area contributed by atoms with E-state index in [-0.39, 0.29) is 11.0 Å². The number of nitrogens with one attached hydrogen (secondary N) is 1. The van der Waals surface area contributed by atoms with Gasteiger partial charge in [0.25, 0.3) is 0 Å². The van der Waals surface area contributed by atoms with Crippen molar-refractivity contribution in [3.63, 3.8) is 0 Å². The van der Waals surface area contributed by atoms with Gasteiger partial charge in [-0.3, -0.25) is 0 Å².